The molecule has 2 aromatic carbocycles. The second-order valence-corrected chi connectivity index (χ2v) is 10.5. The zero-order valence-corrected chi connectivity index (χ0v) is 21.6. The zero-order chi connectivity index (χ0) is 25.8. The van der Waals surface area contributed by atoms with E-state index in [2.05, 4.69) is 5.32 Å². The van der Waals surface area contributed by atoms with E-state index >= 15 is 0 Å². The Morgan fingerprint density at radius 1 is 1.19 bits per heavy atom. The van der Waals surface area contributed by atoms with Crippen molar-refractivity contribution in [2.24, 2.45) is 0 Å². The second kappa shape index (κ2) is 11.8. The lowest BCUT2D eigenvalue weighted by Crippen LogP contribution is -2.50. The Kier molecular flexibility index (Phi) is 8.74. The number of carbonyl (C=O) groups is 2. The first-order valence-electron chi connectivity index (χ1n) is 12.0. The van der Waals surface area contributed by atoms with Crippen LogP contribution in [0.3, 0.4) is 0 Å². The minimum absolute atomic E-state index is 0.00508. The highest BCUT2D eigenvalue weighted by molar-refractivity contribution is 7.76. The van der Waals surface area contributed by atoms with Crippen molar-refractivity contribution < 1.29 is 22.7 Å². The van der Waals surface area contributed by atoms with Crippen molar-refractivity contribution in [1.29, 1.82) is 0 Å². The number of nitrogens with zero attached hydrogens (tertiary/aromatic N) is 3. The summed E-state index contributed by atoms with van der Waals surface area (Å²) < 4.78 is 37.2. The molecule has 2 aromatic rings. The van der Waals surface area contributed by atoms with Crippen LogP contribution in [0.5, 0.6) is 0 Å². The number of halogens is 2. The molecule has 0 spiro atoms. The molecule has 1 saturated heterocycles. The number of hydrazine groups is 1. The van der Waals surface area contributed by atoms with Gasteiger partial charge in [0.25, 0.3) is 0 Å². The molecule has 11 heteroatoms. The van der Waals surface area contributed by atoms with Crippen LogP contribution in [0.2, 0.25) is 5.02 Å². The molecule has 1 aliphatic heterocycles. The van der Waals surface area contributed by atoms with Gasteiger partial charge in [0.05, 0.1) is 0 Å². The molecule has 1 aliphatic carbocycles. The van der Waals surface area contributed by atoms with Crippen LogP contribution in [0.1, 0.15) is 50.6 Å². The molecule has 8 nitrogen and oxygen atoms in total. The van der Waals surface area contributed by atoms with E-state index in [4.69, 9.17) is 11.6 Å². The van der Waals surface area contributed by atoms with E-state index in [-0.39, 0.29) is 22.8 Å². The van der Waals surface area contributed by atoms with Crippen molar-refractivity contribution in [3.05, 3.63) is 64.9 Å². The number of carbonyl (C=O) groups excluding carboxylic acids is 2. The summed E-state index contributed by atoms with van der Waals surface area (Å²) in [6.07, 6.45) is 4.77. The molecule has 0 bridgehead atoms. The van der Waals surface area contributed by atoms with Crippen LogP contribution in [0.15, 0.2) is 48.5 Å². The minimum Gasteiger partial charge on any atom is -0.351 e. The number of nitrogens with one attached hydrogen (secondary N) is 1. The Hall–Kier alpha value is -2.37. The van der Waals surface area contributed by atoms with E-state index in [1.54, 1.807) is 29.3 Å². The molecule has 1 heterocycles. The van der Waals surface area contributed by atoms with E-state index in [9.17, 15) is 22.7 Å². The zero-order valence-electron chi connectivity index (χ0n) is 20.0. The Morgan fingerprint density at radius 2 is 1.89 bits per heavy atom. The molecular formula is C25H30ClFN4O4S. The predicted octanol–water partition coefficient (Wildman–Crippen LogP) is 4.06. The van der Waals surface area contributed by atoms with E-state index in [0.29, 0.717) is 12.1 Å². The lowest BCUT2D eigenvalue weighted by atomic mass is 9.94. The third-order valence-corrected chi connectivity index (χ3v) is 7.62. The van der Waals surface area contributed by atoms with Crippen LogP contribution < -0.4 is 10.2 Å². The van der Waals surface area contributed by atoms with Crippen LogP contribution in [0.4, 0.5) is 10.1 Å². The topological polar surface area (TPSA) is 93.0 Å². The van der Waals surface area contributed by atoms with Gasteiger partial charge in [0.15, 0.2) is 0 Å². The maximum Gasteiger partial charge on any atom is 0.249 e. The molecule has 2 aliphatic rings. The monoisotopic (exact) mass is 536 g/mol. The number of hydrogen-bond donors (Lipinski definition) is 2. The normalized spacial score (nSPS) is 21.6. The number of rotatable bonds is 9. The van der Waals surface area contributed by atoms with Crippen LogP contribution in [0, 0.1) is 5.82 Å². The fraction of sp³-hybridized carbons (Fsp3) is 0.440. The van der Waals surface area contributed by atoms with Gasteiger partial charge >= 0.3 is 0 Å². The van der Waals surface area contributed by atoms with Crippen LogP contribution >= 0.6 is 11.6 Å². The van der Waals surface area contributed by atoms with Gasteiger partial charge in [0.2, 0.25) is 23.1 Å². The number of benzene rings is 2. The van der Waals surface area contributed by atoms with Crippen LogP contribution in [-0.2, 0) is 20.9 Å². The summed E-state index contributed by atoms with van der Waals surface area (Å²) in [7, 11) is 0. The van der Waals surface area contributed by atoms with Crippen LogP contribution in [0.25, 0.3) is 0 Å². The molecule has 1 saturated carbocycles. The van der Waals surface area contributed by atoms with Crippen LogP contribution in [-0.4, -0.2) is 55.2 Å². The lowest BCUT2D eigenvalue weighted by Gasteiger charge is -2.34. The summed E-state index contributed by atoms with van der Waals surface area (Å²) in [5.41, 5.74) is 0.521. The van der Waals surface area contributed by atoms with Gasteiger partial charge in [-0.2, -0.15) is 0 Å². The quantitative estimate of drug-likeness (QED) is 0.372. The Balaban J connectivity index is 1.75. The molecule has 4 rings (SSSR count). The van der Waals surface area contributed by atoms with Crippen molar-refractivity contribution >= 4 is 40.4 Å². The van der Waals surface area contributed by atoms with Gasteiger partial charge in [-0.15, -0.1) is 4.41 Å². The van der Waals surface area contributed by atoms with Gasteiger partial charge < -0.3 is 5.32 Å². The molecule has 3 unspecified atom stereocenters. The summed E-state index contributed by atoms with van der Waals surface area (Å²) in [4.78, 5) is 28.8. The first-order chi connectivity index (χ1) is 17.3. The molecule has 4 atom stereocenters. The SMILES string of the molecule is C[C@@H]1CN1N(CC(=O)N(c1cccc(F)c1)C(C(=O)NC1CCCCC1)c1ccccc1Cl)S(=O)O. The standard InChI is InChI=1S/C25H30ClFN4O4S/c1-17-15-29(17)30(36(34)35)16-23(32)31(20-11-7-8-18(27)14-20)24(21-12-5-6-13-22(21)26)25(33)28-19-9-3-2-4-10-19/h5-8,11-14,17,19,24H,2-4,9-10,15-16H2,1H3,(H,28,33)(H,34,35)/t17-,24?,29?/m1/s1. The Bertz CT molecular complexity index is 1130. The van der Waals surface area contributed by atoms with Gasteiger partial charge in [0, 0.05) is 34.9 Å². The summed E-state index contributed by atoms with van der Waals surface area (Å²) in [5, 5.41) is 4.93. The molecule has 194 valence electrons. The molecule has 0 aromatic heterocycles. The average molecular weight is 537 g/mol. The van der Waals surface area contributed by atoms with E-state index in [1.165, 1.54) is 23.1 Å². The highest BCUT2D eigenvalue weighted by Gasteiger charge is 2.42. The molecule has 2 amide bonds. The number of hydrogen-bond acceptors (Lipinski definition) is 4. The molecular weight excluding hydrogens is 507 g/mol. The van der Waals surface area contributed by atoms with Crippen molar-refractivity contribution in [2.45, 2.75) is 57.2 Å². The van der Waals surface area contributed by atoms with Gasteiger partial charge in [-0.25, -0.2) is 13.6 Å². The van der Waals surface area contributed by atoms with E-state index in [1.807, 2.05) is 6.92 Å². The van der Waals surface area contributed by atoms with E-state index in [0.717, 1.165) is 42.6 Å². The highest BCUT2D eigenvalue weighted by atomic mass is 35.5. The summed E-state index contributed by atoms with van der Waals surface area (Å²) in [6.45, 7) is 1.90. The molecule has 2 fully saturated rings. The number of amides is 2. The maximum absolute atomic E-state index is 14.3. The first-order valence-corrected chi connectivity index (χ1v) is 13.5. The van der Waals surface area contributed by atoms with E-state index < -0.39 is 41.5 Å². The fourth-order valence-electron chi connectivity index (χ4n) is 4.65. The smallest absolute Gasteiger partial charge is 0.249 e. The third kappa shape index (κ3) is 6.30. The largest absolute Gasteiger partial charge is 0.351 e. The van der Waals surface area contributed by atoms with Gasteiger partial charge in [-0.05, 0) is 44.0 Å². The Morgan fingerprint density at radius 3 is 2.50 bits per heavy atom. The van der Waals surface area contributed by atoms with Crippen molar-refractivity contribution in [3.63, 3.8) is 0 Å². The lowest BCUT2D eigenvalue weighted by molar-refractivity contribution is -0.127. The van der Waals surface area contributed by atoms with Crippen molar-refractivity contribution in [2.75, 3.05) is 18.0 Å². The number of anilines is 1. The third-order valence-electron chi connectivity index (χ3n) is 6.58. The van der Waals surface area contributed by atoms with Gasteiger partial charge in [0.1, 0.15) is 18.4 Å². The fourth-order valence-corrected chi connectivity index (χ4v) is 5.51. The second-order valence-electron chi connectivity index (χ2n) is 9.22. The van der Waals surface area contributed by atoms with Crippen molar-refractivity contribution in [1.82, 2.24) is 14.7 Å². The Labute approximate surface area is 217 Å². The minimum atomic E-state index is -2.46. The predicted molar refractivity (Wildman–Crippen MR) is 137 cm³/mol. The molecule has 36 heavy (non-hydrogen) atoms. The highest BCUT2D eigenvalue weighted by Crippen LogP contribution is 2.34. The average Bonchev–Trinajstić information content (AvgIpc) is 3.57. The van der Waals surface area contributed by atoms with Gasteiger partial charge in [-0.3, -0.25) is 19.0 Å². The molecule has 0 radical (unpaired) electrons. The first kappa shape index (κ1) is 26.7. The summed E-state index contributed by atoms with van der Waals surface area (Å²) >= 11 is 4.05. The maximum atomic E-state index is 14.3. The van der Waals surface area contributed by atoms with Gasteiger partial charge in [-0.1, -0.05) is 55.1 Å². The summed E-state index contributed by atoms with van der Waals surface area (Å²) in [6, 6.07) is 10.8. The van der Waals surface area contributed by atoms with Crippen molar-refractivity contribution in [3.8, 4) is 0 Å². The summed E-state index contributed by atoms with van der Waals surface area (Å²) in [5.74, 6) is -1.67. The molecule has 2 N–H and O–H groups in total.